The van der Waals surface area contributed by atoms with Gasteiger partial charge in [-0.05, 0) is 25.7 Å². The highest BCUT2D eigenvalue weighted by Crippen LogP contribution is 2.18. The van der Waals surface area contributed by atoms with Gasteiger partial charge in [0.05, 0.1) is 0 Å². The zero-order valence-electron chi connectivity index (χ0n) is 11.0. The molecule has 1 N–H and O–H groups in total. The Morgan fingerprint density at radius 1 is 1.29 bits per heavy atom. The fourth-order valence-corrected chi connectivity index (χ4v) is 1.65. The molecule has 0 radical (unpaired) electrons. The Hall–Kier alpha value is -1.26. The van der Waals surface area contributed by atoms with E-state index in [0.717, 1.165) is 19.3 Å². The number of urea groups is 1. The van der Waals surface area contributed by atoms with Crippen molar-refractivity contribution in [2.75, 3.05) is 27.2 Å². The number of nitrogens with zero attached hydrogens (tertiary/aromatic N) is 2. The van der Waals surface area contributed by atoms with Gasteiger partial charge in [-0.3, -0.25) is 4.79 Å². The molecule has 1 saturated carbocycles. The van der Waals surface area contributed by atoms with E-state index in [9.17, 15) is 9.59 Å². The number of hydrogen-bond acceptors (Lipinski definition) is 2. The summed E-state index contributed by atoms with van der Waals surface area (Å²) in [6, 6.07) is 0.211. The molecule has 17 heavy (non-hydrogen) atoms. The normalized spacial score (nSPS) is 15.0. The van der Waals surface area contributed by atoms with Crippen molar-refractivity contribution >= 4 is 11.9 Å². The highest BCUT2D eigenvalue weighted by atomic mass is 16.2. The van der Waals surface area contributed by atoms with E-state index in [1.54, 1.807) is 19.0 Å². The van der Waals surface area contributed by atoms with Crippen LogP contribution < -0.4 is 5.32 Å². The summed E-state index contributed by atoms with van der Waals surface area (Å²) in [7, 11) is 3.41. The van der Waals surface area contributed by atoms with Crippen LogP contribution in [0.3, 0.4) is 0 Å². The first-order chi connectivity index (χ1) is 8.04. The zero-order chi connectivity index (χ0) is 12.8. The number of carbonyl (C=O) groups excluding carboxylic acids is 2. The molecule has 1 fully saturated rings. The van der Waals surface area contributed by atoms with Crippen LogP contribution >= 0.6 is 0 Å². The lowest BCUT2D eigenvalue weighted by molar-refractivity contribution is -0.129. The number of carbonyl (C=O) groups is 2. The maximum absolute atomic E-state index is 11.9. The zero-order valence-corrected chi connectivity index (χ0v) is 11.0. The first-order valence-electron chi connectivity index (χ1n) is 6.30. The maximum Gasteiger partial charge on any atom is 0.318 e. The van der Waals surface area contributed by atoms with Crippen molar-refractivity contribution in [3.05, 3.63) is 0 Å². The van der Waals surface area contributed by atoms with Gasteiger partial charge in [0.25, 0.3) is 0 Å². The summed E-state index contributed by atoms with van der Waals surface area (Å²) in [5.41, 5.74) is 0. The largest absolute Gasteiger partial charge is 0.347 e. The molecular formula is C12H23N3O2. The van der Waals surface area contributed by atoms with Crippen molar-refractivity contribution in [1.82, 2.24) is 15.1 Å². The summed E-state index contributed by atoms with van der Waals surface area (Å²) in [6.07, 6.45) is 4.18. The average molecular weight is 241 g/mol. The lowest BCUT2D eigenvalue weighted by Gasteiger charge is -2.30. The van der Waals surface area contributed by atoms with Gasteiger partial charge in [-0.2, -0.15) is 0 Å². The molecule has 1 aliphatic rings. The van der Waals surface area contributed by atoms with Crippen molar-refractivity contribution in [3.63, 3.8) is 0 Å². The Labute approximate surface area is 103 Å². The Kier molecular flexibility index (Phi) is 5.25. The molecule has 0 bridgehead atoms. The topological polar surface area (TPSA) is 52.7 Å². The molecule has 1 rings (SSSR count). The lowest BCUT2D eigenvalue weighted by atomic mass is 9.93. The van der Waals surface area contributed by atoms with Gasteiger partial charge in [-0.1, -0.05) is 6.92 Å². The summed E-state index contributed by atoms with van der Waals surface area (Å²) in [4.78, 5) is 26.7. The number of nitrogens with one attached hydrogen (secondary N) is 1. The highest BCUT2D eigenvalue weighted by molar-refractivity contribution is 5.83. The summed E-state index contributed by atoms with van der Waals surface area (Å²) in [6.45, 7) is 2.79. The van der Waals surface area contributed by atoms with Crippen LogP contribution in [0.1, 0.15) is 32.6 Å². The van der Waals surface area contributed by atoms with Crippen LogP contribution in [-0.4, -0.2) is 55.0 Å². The van der Waals surface area contributed by atoms with Gasteiger partial charge in [0.2, 0.25) is 5.91 Å². The summed E-state index contributed by atoms with van der Waals surface area (Å²) < 4.78 is 0. The minimum Gasteiger partial charge on any atom is -0.347 e. The number of hydrogen-bond donors (Lipinski definition) is 1. The fraction of sp³-hybridized carbons (Fsp3) is 0.833. The van der Waals surface area contributed by atoms with E-state index < -0.39 is 0 Å². The van der Waals surface area contributed by atoms with Crippen molar-refractivity contribution < 1.29 is 9.59 Å². The van der Waals surface area contributed by atoms with E-state index in [4.69, 9.17) is 0 Å². The van der Waals surface area contributed by atoms with Crippen LogP contribution in [0.4, 0.5) is 4.79 Å². The van der Waals surface area contributed by atoms with Gasteiger partial charge in [0.15, 0.2) is 0 Å². The molecule has 98 valence electrons. The quantitative estimate of drug-likeness (QED) is 0.782. The summed E-state index contributed by atoms with van der Waals surface area (Å²) in [5, 5.41) is 2.96. The van der Waals surface area contributed by atoms with Crippen LogP contribution in [0.5, 0.6) is 0 Å². The monoisotopic (exact) mass is 241 g/mol. The van der Waals surface area contributed by atoms with Gasteiger partial charge >= 0.3 is 6.03 Å². The molecule has 3 amide bonds. The van der Waals surface area contributed by atoms with E-state index in [0.29, 0.717) is 12.6 Å². The standard InChI is InChI=1S/C12H23N3O2/c1-4-8-15(9-11(16)14(2)3)12(17)13-10-6-5-7-10/h10H,4-9H2,1-3H3,(H,13,17). The predicted octanol–water partition coefficient (Wildman–Crippen LogP) is 1.05. The summed E-state index contributed by atoms with van der Waals surface area (Å²) >= 11 is 0. The van der Waals surface area contributed by atoms with Crippen LogP contribution in [0, 0.1) is 0 Å². The molecule has 0 heterocycles. The lowest BCUT2D eigenvalue weighted by Crippen LogP contribution is -2.50. The Balaban J connectivity index is 2.44. The highest BCUT2D eigenvalue weighted by Gasteiger charge is 2.23. The van der Waals surface area contributed by atoms with Crippen LogP contribution in [0.2, 0.25) is 0 Å². The second kappa shape index (κ2) is 6.47. The molecule has 0 aliphatic heterocycles. The number of amides is 3. The predicted molar refractivity (Wildman–Crippen MR) is 66.7 cm³/mol. The molecule has 5 nitrogen and oxygen atoms in total. The van der Waals surface area contributed by atoms with Gasteiger partial charge in [0.1, 0.15) is 6.54 Å². The van der Waals surface area contributed by atoms with E-state index >= 15 is 0 Å². The van der Waals surface area contributed by atoms with Crippen molar-refractivity contribution in [2.45, 2.75) is 38.6 Å². The van der Waals surface area contributed by atoms with E-state index in [-0.39, 0.29) is 18.5 Å². The van der Waals surface area contributed by atoms with Crippen molar-refractivity contribution in [1.29, 1.82) is 0 Å². The minimum atomic E-state index is -0.105. The third kappa shape index (κ3) is 4.24. The van der Waals surface area contributed by atoms with Crippen LogP contribution in [-0.2, 0) is 4.79 Å². The molecular weight excluding hydrogens is 218 g/mol. The number of rotatable bonds is 5. The van der Waals surface area contributed by atoms with E-state index in [2.05, 4.69) is 5.32 Å². The molecule has 0 unspecified atom stereocenters. The van der Waals surface area contributed by atoms with E-state index in [1.165, 1.54) is 11.3 Å². The van der Waals surface area contributed by atoms with Gasteiger partial charge in [-0.15, -0.1) is 0 Å². The van der Waals surface area contributed by atoms with Crippen LogP contribution in [0.15, 0.2) is 0 Å². The molecule has 5 heteroatoms. The molecule has 0 atom stereocenters. The van der Waals surface area contributed by atoms with Gasteiger partial charge < -0.3 is 15.1 Å². The second-order valence-electron chi connectivity index (χ2n) is 4.79. The first-order valence-corrected chi connectivity index (χ1v) is 6.30. The molecule has 0 aromatic heterocycles. The van der Waals surface area contributed by atoms with E-state index in [1.807, 2.05) is 6.92 Å². The Morgan fingerprint density at radius 2 is 1.94 bits per heavy atom. The van der Waals surface area contributed by atoms with Crippen molar-refractivity contribution in [2.24, 2.45) is 0 Å². The van der Waals surface area contributed by atoms with Gasteiger partial charge in [-0.25, -0.2) is 4.79 Å². The third-order valence-electron chi connectivity index (χ3n) is 3.04. The maximum atomic E-state index is 11.9. The number of likely N-dealkylation sites (N-methyl/N-ethyl adjacent to an activating group) is 1. The SMILES string of the molecule is CCCN(CC(=O)N(C)C)C(=O)NC1CCC1. The molecule has 0 spiro atoms. The molecule has 0 saturated heterocycles. The average Bonchev–Trinajstić information content (AvgIpc) is 2.22. The van der Waals surface area contributed by atoms with Crippen molar-refractivity contribution in [3.8, 4) is 0 Å². The van der Waals surface area contributed by atoms with Crippen LogP contribution in [0.25, 0.3) is 0 Å². The smallest absolute Gasteiger partial charge is 0.318 e. The Morgan fingerprint density at radius 3 is 2.35 bits per heavy atom. The molecule has 0 aromatic rings. The molecule has 0 aromatic carbocycles. The molecule has 1 aliphatic carbocycles. The second-order valence-corrected chi connectivity index (χ2v) is 4.79. The Bertz CT molecular complexity index is 275. The summed E-state index contributed by atoms with van der Waals surface area (Å²) in [5.74, 6) is -0.0396. The minimum absolute atomic E-state index is 0.0396. The third-order valence-corrected chi connectivity index (χ3v) is 3.04. The van der Waals surface area contributed by atoms with Gasteiger partial charge in [0, 0.05) is 26.7 Å². The first kappa shape index (κ1) is 13.8. The fourth-order valence-electron chi connectivity index (χ4n) is 1.65.